The Morgan fingerprint density at radius 1 is 1.12 bits per heavy atom. The summed E-state index contributed by atoms with van der Waals surface area (Å²) in [6, 6.07) is 1.73. The first kappa shape index (κ1) is 11.3. The smallest absolute Gasteiger partial charge is 0.394 e. The maximum Gasteiger partial charge on any atom is 0.394 e. The number of aromatic nitrogens is 2. The highest BCUT2D eigenvalue weighted by Gasteiger charge is 2.26. The molecule has 0 bridgehead atoms. The molecule has 1 saturated heterocycles. The number of nitrogens with zero attached hydrogens (tertiary/aromatic N) is 4. The van der Waals surface area contributed by atoms with Crippen LogP contribution >= 0.6 is 0 Å². The van der Waals surface area contributed by atoms with Gasteiger partial charge in [0.15, 0.2) is 0 Å². The lowest BCUT2D eigenvalue weighted by Gasteiger charge is -2.33. The number of amides is 1. The Balaban J connectivity index is 1.95. The molecule has 17 heavy (non-hydrogen) atoms. The van der Waals surface area contributed by atoms with Gasteiger partial charge in [0.1, 0.15) is 0 Å². The standard InChI is InChI=1S/C10H12N4O3/c15-8(9(16)17)13-4-6-14(7-5-13)10-11-2-1-3-12-10/h1-3H,4-7H2,(H,16,17). The van der Waals surface area contributed by atoms with Gasteiger partial charge in [0.2, 0.25) is 5.95 Å². The van der Waals surface area contributed by atoms with Crippen molar-refractivity contribution >= 4 is 17.8 Å². The van der Waals surface area contributed by atoms with Crippen LogP contribution in [0.2, 0.25) is 0 Å². The van der Waals surface area contributed by atoms with Crippen LogP contribution in [0.15, 0.2) is 18.5 Å². The number of hydrogen-bond acceptors (Lipinski definition) is 5. The van der Waals surface area contributed by atoms with Gasteiger partial charge in [-0.25, -0.2) is 14.8 Å². The summed E-state index contributed by atoms with van der Waals surface area (Å²) in [4.78, 5) is 33.2. The Morgan fingerprint density at radius 2 is 1.71 bits per heavy atom. The molecule has 1 N–H and O–H groups in total. The molecule has 1 aliphatic heterocycles. The van der Waals surface area contributed by atoms with Crippen LogP contribution in [0.4, 0.5) is 5.95 Å². The molecule has 0 radical (unpaired) electrons. The van der Waals surface area contributed by atoms with Crippen molar-refractivity contribution in [2.45, 2.75) is 0 Å². The fourth-order valence-electron chi connectivity index (χ4n) is 1.70. The highest BCUT2D eigenvalue weighted by molar-refractivity contribution is 6.31. The Labute approximate surface area is 97.7 Å². The maximum atomic E-state index is 11.2. The van der Waals surface area contributed by atoms with E-state index in [-0.39, 0.29) is 0 Å². The van der Waals surface area contributed by atoms with Gasteiger partial charge in [0, 0.05) is 38.6 Å². The summed E-state index contributed by atoms with van der Waals surface area (Å²) >= 11 is 0. The number of anilines is 1. The number of aliphatic carboxylic acids is 1. The van der Waals surface area contributed by atoms with Crippen LogP contribution in [0.1, 0.15) is 0 Å². The van der Waals surface area contributed by atoms with Crippen LogP contribution in [0.25, 0.3) is 0 Å². The van der Waals surface area contributed by atoms with E-state index in [4.69, 9.17) is 5.11 Å². The van der Waals surface area contributed by atoms with Gasteiger partial charge in [-0.1, -0.05) is 0 Å². The third-order valence-corrected chi connectivity index (χ3v) is 2.58. The fraction of sp³-hybridized carbons (Fsp3) is 0.400. The zero-order chi connectivity index (χ0) is 12.3. The molecular weight excluding hydrogens is 224 g/mol. The average molecular weight is 236 g/mol. The molecule has 0 aromatic carbocycles. The van der Waals surface area contributed by atoms with E-state index in [1.165, 1.54) is 4.90 Å². The molecule has 0 spiro atoms. The normalized spacial score (nSPS) is 15.8. The molecule has 2 rings (SSSR count). The quantitative estimate of drug-likeness (QED) is 0.643. The Bertz CT molecular complexity index is 415. The van der Waals surface area contributed by atoms with Crippen molar-refractivity contribution in [3.63, 3.8) is 0 Å². The minimum absolute atomic E-state index is 0.378. The molecule has 1 fully saturated rings. The maximum absolute atomic E-state index is 11.2. The van der Waals surface area contributed by atoms with E-state index in [2.05, 4.69) is 9.97 Å². The molecule has 1 aromatic rings. The van der Waals surface area contributed by atoms with E-state index in [9.17, 15) is 9.59 Å². The van der Waals surface area contributed by atoms with Crippen LogP contribution in [-0.2, 0) is 9.59 Å². The summed E-state index contributed by atoms with van der Waals surface area (Å²) in [6.45, 7) is 1.85. The van der Waals surface area contributed by atoms with Gasteiger partial charge in [-0.05, 0) is 6.07 Å². The monoisotopic (exact) mass is 236 g/mol. The highest BCUT2D eigenvalue weighted by Crippen LogP contribution is 2.09. The third-order valence-electron chi connectivity index (χ3n) is 2.58. The molecule has 2 heterocycles. The second-order valence-corrected chi connectivity index (χ2v) is 3.63. The SMILES string of the molecule is O=C(O)C(=O)N1CCN(c2ncccn2)CC1. The molecule has 7 heteroatoms. The van der Waals surface area contributed by atoms with Gasteiger partial charge in [0.25, 0.3) is 0 Å². The molecule has 0 saturated carbocycles. The number of carboxylic acids is 1. The largest absolute Gasteiger partial charge is 0.474 e. The van der Waals surface area contributed by atoms with Crippen molar-refractivity contribution in [2.24, 2.45) is 0 Å². The first-order valence-electron chi connectivity index (χ1n) is 5.22. The van der Waals surface area contributed by atoms with Gasteiger partial charge in [-0.3, -0.25) is 4.79 Å². The lowest BCUT2D eigenvalue weighted by Crippen LogP contribution is -2.51. The Hall–Kier alpha value is -2.18. The van der Waals surface area contributed by atoms with Crippen molar-refractivity contribution in [2.75, 3.05) is 31.1 Å². The van der Waals surface area contributed by atoms with E-state index >= 15 is 0 Å². The number of hydrogen-bond donors (Lipinski definition) is 1. The zero-order valence-electron chi connectivity index (χ0n) is 9.11. The second kappa shape index (κ2) is 4.77. The van der Waals surface area contributed by atoms with E-state index in [0.29, 0.717) is 32.1 Å². The average Bonchev–Trinajstić information content (AvgIpc) is 2.39. The van der Waals surface area contributed by atoms with Crippen LogP contribution < -0.4 is 4.90 Å². The Kier molecular flexibility index (Phi) is 3.17. The van der Waals surface area contributed by atoms with E-state index in [0.717, 1.165) is 0 Å². The summed E-state index contributed by atoms with van der Waals surface area (Å²) in [5.41, 5.74) is 0. The highest BCUT2D eigenvalue weighted by atomic mass is 16.4. The van der Waals surface area contributed by atoms with Crippen molar-refractivity contribution in [3.8, 4) is 0 Å². The number of rotatable bonds is 1. The number of piperazine rings is 1. The van der Waals surface area contributed by atoms with Crippen molar-refractivity contribution in [1.82, 2.24) is 14.9 Å². The van der Waals surface area contributed by atoms with Crippen molar-refractivity contribution < 1.29 is 14.7 Å². The van der Waals surface area contributed by atoms with Crippen molar-refractivity contribution in [1.29, 1.82) is 0 Å². The molecule has 90 valence electrons. The summed E-state index contributed by atoms with van der Waals surface area (Å²) in [5.74, 6) is -1.65. The lowest BCUT2D eigenvalue weighted by atomic mass is 10.3. The van der Waals surface area contributed by atoms with Crippen LogP contribution in [-0.4, -0.2) is 58.0 Å². The first-order chi connectivity index (χ1) is 8.18. The summed E-state index contributed by atoms with van der Waals surface area (Å²) in [5, 5.41) is 8.59. The van der Waals surface area contributed by atoms with Gasteiger partial charge in [-0.15, -0.1) is 0 Å². The molecule has 0 unspecified atom stereocenters. The molecular formula is C10H12N4O3. The van der Waals surface area contributed by atoms with Crippen LogP contribution in [0.3, 0.4) is 0 Å². The zero-order valence-corrected chi connectivity index (χ0v) is 9.11. The number of carboxylic acid groups (broad SMARTS) is 1. The van der Waals surface area contributed by atoms with Gasteiger partial charge in [-0.2, -0.15) is 0 Å². The van der Waals surface area contributed by atoms with E-state index in [1.807, 2.05) is 4.90 Å². The fourth-order valence-corrected chi connectivity index (χ4v) is 1.70. The molecule has 1 aliphatic rings. The summed E-state index contributed by atoms with van der Waals surface area (Å²) in [6.07, 6.45) is 3.30. The molecule has 7 nitrogen and oxygen atoms in total. The summed E-state index contributed by atoms with van der Waals surface area (Å²) in [7, 11) is 0. The minimum Gasteiger partial charge on any atom is -0.474 e. The first-order valence-corrected chi connectivity index (χ1v) is 5.22. The third kappa shape index (κ3) is 2.49. The van der Waals surface area contributed by atoms with E-state index in [1.54, 1.807) is 18.5 Å². The minimum atomic E-state index is -1.41. The van der Waals surface area contributed by atoms with Gasteiger partial charge >= 0.3 is 11.9 Å². The van der Waals surface area contributed by atoms with E-state index < -0.39 is 11.9 Å². The number of carbonyl (C=O) groups excluding carboxylic acids is 1. The number of carbonyl (C=O) groups is 2. The molecule has 0 aliphatic carbocycles. The van der Waals surface area contributed by atoms with Crippen molar-refractivity contribution in [3.05, 3.63) is 18.5 Å². The molecule has 0 atom stereocenters. The molecule has 1 amide bonds. The topological polar surface area (TPSA) is 86.6 Å². The predicted molar refractivity (Wildman–Crippen MR) is 58.5 cm³/mol. The lowest BCUT2D eigenvalue weighted by molar-refractivity contribution is -0.156. The predicted octanol–water partition coefficient (Wildman–Crippen LogP) is -0.790. The van der Waals surface area contributed by atoms with Gasteiger partial charge < -0.3 is 14.9 Å². The van der Waals surface area contributed by atoms with Gasteiger partial charge in [0.05, 0.1) is 0 Å². The molecule has 1 aromatic heterocycles. The van der Waals surface area contributed by atoms with Crippen LogP contribution in [0.5, 0.6) is 0 Å². The summed E-state index contributed by atoms with van der Waals surface area (Å²) < 4.78 is 0. The Morgan fingerprint density at radius 3 is 2.24 bits per heavy atom. The van der Waals surface area contributed by atoms with Crippen LogP contribution in [0, 0.1) is 0 Å². The second-order valence-electron chi connectivity index (χ2n) is 3.63.